The summed E-state index contributed by atoms with van der Waals surface area (Å²) >= 11 is 0. The van der Waals surface area contributed by atoms with Crippen LogP contribution in [0.25, 0.3) is 0 Å². The van der Waals surface area contributed by atoms with Crippen molar-refractivity contribution in [2.24, 2.45) is 46.3 Å². The van der Waals surface area contributed by atoms with Gasteiger partial charge in [0.15, 0.2) is 17.5 Å². The normalized spacial score (nSPS) is 42.7. The Morgan fingerprint density at radius 1 is 1.19 bits per heavy atom. The molecule has 174 valence electrons. The molecule has 1 unspecified atom stereocenters. The van der Waals surface area contributed by atoms with Gasteiger partial charge in [-0.05, 0) is 61.0 Å². The molecule has 0 spiro atoms. The van der Waals surface area contributed by atoms with Gasteiger partial charge in [0.05, 0.1) is 6.10 Å². The summed E-state index contributed by atoms with van der Waals surface area (Å²) in [5, 5.41) is 40.3. The average molecular weight is 446 g/mol. The molecule has 4 aliphatic rings. The van der Waals surface area contributed by atoms with E-state index in [4.69, 9.17) is 0 Å². The molecule has 0 heterocycles. The van der Waals surface area contributed by atoms with Crippen molar-refractivity contribution in [1.29, 1.82) is 0 Å². The number of ketones is 2. The molecule has 3 saturated carbocycles. The largest absolute Gasteiger partial charge is 0.481 e. The Morgan fingerprint density at radius 3 is 2.44 bits per heavy atom. The lowest BCUT2D eigenvalue weighted by Crippen LogP contribution is -2.56. The van der Waals surface area contributed by atoms with E-state index in [1.54, 1.807) is 6.08 Å². The van der Waals surface area contributed by atoms with E-state index in [2.05, 4.69) is 0 Å². The van der Waals surface area contributed by atoms with Crippen LogP contribution in [0.5, 0.6) is 0 Å². The van der Waals surface area contributed by atoms with Crippen molar-refractivity contribution in [3.8, 4) is 0 Å². The van der Waals surface area contributed by atoms with Gasteiger partial charge in [0, 0.05) is 17.3 Å². The van der Waals surface area contributed by atoms with E-state index < -0.39 is 59.0 Å². The van der Waals surface area contributed by atoms with Crippen LogP contribution in [0.4, 0.5) is 0 Å². The van der Waals surface area contributed by atoms with Gasteiger partial charge in [-0.25, -0.2) is 0 Å². The first-order valence-corrected chi connectivity index (χ1v) is 11.2. The molecule has 8 atom stereocenters. The van der Waals surface area contributed by atoms with Crippen LogP contribution in [0, 0.1) is 46.3 Å². The number of aliphatic carboxylic acids is 2. The zero-order valence-electron chi connectivity index (χ0n) is 18.2. The summed E-state index contributed by atoms with van der Waals surface area (Å²) in [5.41, 5.74) is -0.370. The molecule has 0 aliphatic heterocycles. The van der Waals surface area contributed by atoms with Gasteiger partial charge in [-0.1, -0.05) is 25.5 Å². The van der Waals surface area contributed by atoms with Crippen LogP contribution in [0.3, 0.4) is 0 Å². The Labute approximate surface area is 186 Å². The number of allylic oxidation sites excluding steroid dienone is 4. The number of carbonyl (C=O) groups is 4. The smallest absolute Gasteiger partial charge is 0.318 e. The number of aliphatic hydroxyl groups is 2. The predicted octanol–water partition coefficient (Wildman–Crippen LogP) is 1.45. The maximum Gasteiger partial charge on any atom is 0.318 e. The molecule has 4 aliphatic carbocycles. The van der Waals surface area contributed by atoms with Gasteiger partial charge in [-0.2, -0.15) is 0 Å². The minimum atomic E-state index is -1.75. The summed E-state index contributed by atoms with van der Waals surface area (Å²) in [6.07, 6.45) is 5.97. The van der Waals surface area contributed by atoms with Gasteiger partial charge in [-0.15, -0.1) is 0 Å². The third-order valence-electron chi connectivity index (χ3n) is 9.06. The first-order chi connectivity index (χ1) is 15.0. The molecule has 4 N–H and O–H groups in total. The van der Waals surface area contributed by atoms with Crippen molar-refractivity contribution in [1.82, 2.24) is 0 Å². The number of carbonyl (C=O) groups excluding carboxylic acids is 2. The molecule has 0 radical (unpaired) electrons. The third kappa shape index (κ3) is 3.10. The summed E-state index contributed by atoms with van der Waals surface area (Å²) in [5.74, 6) is -7.76. The summed E-state index contributed by atoms with van der Waals surface area (Å²) in [4.78, 5) is 48.5. The summed E-state index contributed by atoms with van der Waals surface area (Å²) in [6, 6.07) is 0. The summed E-state index contributed by atoms with van der Waals surface area (Å²) in [7, 11) is 0. The van der Waals surface area contributed by atoms with Gasteiger partial charge in [0.1, 0.15) is 6.61 Å². The van der Waals surface area contributed by atoms with Crippen molar-refractivity contribution in [3.05, 3.63) is 23.8 Å². The minimum absolute atomic E-state index is 0.0639. The second-order valence-corrected chi connectivity index (χ2v) is 10.5. The van der Waals surface area contributed by atoms with Crippen LogP contribution in [-0.4, -0.2) is 56.6 Å². The van der Waals surface area contributed by atoms with Crippen molar-refractivity contribution < 1.29 is 39.6 Å². The van der Waals surface area contributed by atoms with Gasteiger partial charge in [0.25, 0.3) is 0 Å². The van der Waals surface area contributed by atoms with E-state index in [0.29, 0.717) is 12.8 Å². The number of hydrogen-bond acceptors (Lipinski definition) is 6. The van der Waals surface area contributed by atoms with Gasteiger partial charge in [-0.3, -0.25) is 19.2 Å². The number of Topliss-reactive ketones (excluding diaryl/α,β-unsaturated/α-hetero) is 1. The molecule has 8 heteroatoms. The van der Waals surface area contributed by atoms with Crippen LogP contribution >= 0.6 is 0 Å². The number of aliphatic hydroxyl groups excluding tert-OH is 2. The van der Waals surface area contributed by atoms with E-state index in [1.165, 1.54) is 6.08 Å². The number of carboxylic acid groups (broad SMARTS) is 2. The number of fused-ring (bicyclic) bond motifs is 5. The molecular weight excluding hydrogens is 416 g/mol. The third-order valence-corrected chi connectivity index (χ3v) is 9.06. The Kier molecular flexibility index (Phi) is 5.45. The van der Waals surface area contributed by atoms with E-state index in [-0.39, 0.29) is 36.4 Å². The van der Waals surface area contributed by atoms with Crippen LogP contribution in [0.1, 0.15) is 39.5 Å². The maximum atomic E-state index is 12.9. The van der Waals surface area contributed by atoms with Crippen molar-refractivity contribution in [2.75, 3.05) is 6.61 Å². The standard InChI is InChI=1S/C24H30O8/c1-23-6-5-12(26)7-11(23)3-4-13-15-8-14(18(21(29)30)22(31)32)20(17(28)10-25)24(15,2)9-16(27)19(13)23/h5-7,13-16,18-20,25,27H,3-4,8-10H2,1-2H3,(H,29,30)(H,31,32)/t13-,14?,15-,16-,19+,20+,23-,24-/m0/s1. The highest BCUT2D eigenvalue weighted by Gasteiger charge is 2.66. The molecule has 8 nitrogen and oxygen atoms in total. The molecule has 3 fully saturated rings. The topological polar surface area (TPSA) is 149 Å². The van der Waals surface area contributed by atoms with Crippen LogP contribution < -0.4 is 0 Å². The van der Waals surface area contributed by atoms with Gasteiger partial charge >= 0.3 is 11.9 Å². The number of carboxylic acids is 2. The van der Waals surface area contributed by atoms with Crippen LogP contribution in [0.15, 0.2) is 23.8 Å². The van der Waals surface area contributed by atoms with Crippen molar-refractivity contribution >= 4 is 23.5 Å². The highest BCUT2D eigenvalue weighted by molar-refractivity contribution is 6.01. The van der Waals surface area contributed by atoms with Crippen molar-refractivity contribution in [2.45, 2.75) is 45.6 Å². The Balaban J connectivity index is 1.79. The van der Waals surface area contributed by atoms with E-state index in [9.17, 15) is 39.6 Å². The molecule has 0 saturated heterocycles. The lowest BCUT2D eigenvalue weighted by molar-refractivity contribution is -0.159. The molecule has 0 aromatic rings. The molecule has 0 amide bonds. The van der Waals surface area contributed by atoms with Crippen molar-refractivity contribution in [3.63, 3.8) is 0 Å². The van der Waals surface area contributed by atoms with E-state index in [0.717, 1.165) is 5.57 Å². The Bertz CT molecular complexity index is 920. The average Bonchev–Trinajstić information content (AvgIpc) is 2.99. The molecule has 0 bridgehead atoms. The lowest BCUT2D eigenvalue weighted by Gasteiger charge is -2.58. The highest BCUT2D eigenvalue weighted by atomic mass is 16.4. The lowest BCUT2D eigenvalue weighted by atomic mass is 9.46. The first-order valence-electron chi connectivity index (χ1n) is 11.2. The van der Waals surface area contributed by atoms with Crippen LogP contribution in [0.2, 0.25) is 0 Å². The fraction of sp³-hybridized carbons (Fsp3) is 0.667. The fourth-order valence-electron chi connectivity index (χ4n) is 7.93. The second-order valence-electron chi connectivity index (χ2n) is 10.5. The number of rotatable bonds is 5. The Hall–Kier alpha value is -2.32. The quantitative estimate of drug-likeness (QED) is 0.464. The minimum Gasteiger partial charge on any atom is -0.481 e. The number of hydrogen-bond donors (Lipinski definition) is 4. The zero-order chi connectivity index (χ0) is 23.6. The zero-order valence-corrected chi connectivity index (χ0v) is 18.2. The SMILES string of the molecule is C[C@]12C[C@H](O)[C@H]3[C@@H](CCC4=CC(=O)C=C[C@@]43C)[C@@H]1CC(C(C(=O)O)C(=O)O)[C@@H]2C(=O)CO. The molecular formula is C24H30O8. The fourth-order valence-corrected chi connectivity index (χ4v) is 7.93. The highest BCUT2D eigenvalue weighted by Crippen LogP contribution is 2.68. The summed E-state index contributed by atoms with van der Waals surface area (Å²) < 4.78 is 0. The Morgan fingerprint density at radius 2 is 1.84 bits per heavy atom. The first kappa shape index (κ1) is 22.9. The second kappa shape index (κ2) is 7.63. The molecule has 0 aromatic carbocycles. The molecule has 0 aromatic heterocycles. The molecule has 4 rings (SSSR count). The predicted molar refractivity (Wildman–Crippen MR) is 111 cm³/mol. The van der Waals surface area contributed by atoms with Gasteiger partial charge in [0.2, 0.25) is 0 Å². The molecule has 32 heavy (non-hydrogen) atoms. The van der Waals surface area contributed by atoms with E-state index in [1.807, 2.05) is 19.9 Å². The van der Waals surface area contributed by atoms with Gasteiger partial charge < -0.3 is 20.4 Å². The van der Waals surface area contributed by atoms with E-state index >= 15 is 0 Å². The maximum absolute atomic E-state index is 12.9. The monoisotopic (exact) mass is 446 g/mol. The van der Waals surface area contributed by atoms with Crippen LogP contribution in [-0.2, 0) is 19.2 Å². The summed E-state index contributed by atoms with van der Waals surface area (Å²) in [6.45, 7) is 3.05.